The molecule has 0 aliphatic carbocycles. The molecule has 0 aliphatic rings. The maximum atomic E-state index is 11.9. The van der Waals surface area contributed by atoms with Crippen LogP contribution >= 0.6 is 0 Å². The van der Waals surface area contributed by atoms with E-state index in [2.05, 4.69) is 20.6 Å². The van der Waals surface area contributed by atoms with Crippen molar-refractivity contribution in [2.75, 3.05) is 5.32 Å². The molecule has 2 N–H and O–H groups in total. The fraction of sp³-hybridized carbons (Fsp3) is 0.438. The number of anilines is 1. The third kappa shape index (κ3) is 4.31. The van der Waals surface area contributed by atoms with E-state index in [0.29, 0.717) is 23.6 Å². The second-order valence-corrected chi connectivity index (χ2v) is 6.36. The molecule has 1 amide bonds. The lowest BCUT2D eigenvalue weighted by atomic mass is 10.2. The van der Waals surface area contributed by atoms with Gasteiger partial charge in [0.2, 0.25) is 0 Å². The highest BCUT2D eigenvalue weighted by Crippen LogP contribution is 2.23. The number of hydrogen-bond donors (Lipinski definition) is 2. The number of amides is 1. The number of hydrogen-bond acceptors (Lipinski definition) is 6. The number of rotatable bonds is 4. The van der Waals surface area contributed by atoms with Crippen molar-refractivity contribution >= 4 is 17.7 Å². The Morgan fingerprint density at radius 3 is 2.52 bits per heavy atom. The molecule has 0 bridgehead atoms. The van der Waals surface area contributed by atoms with Crippen molar-refractivity contribution in [2.24, 2.45) is 0 Å². The molecule has 0 aliphatic heterocycles. The maximum Gasteiger partial charge on any atom is 0.412 e. The van der Waals surface area contributed by atoms with Crippen molar-refractivity contribution in [1.29, 1.82) is 0 Å². The number of ether oxygens (including phenoxy) is 1. The van der Waals surface area contributed by atoms with Gasteiger partial charge in [0.1, 0.15) is 11.3 Å². The maximum absolute atomic E-state index is 11.9. The monoisotopic (exact) mass is 347 g/mol. The van der Waals surface area contributed by atoms with Crippen molar-refractivity contribution in [2.45, 2.75) is 46.8 Å². The molecular formula is C16H21N5O4. The van der Waals surface area contributed by atoms with Crippen LogP contribution in [-0.2, 0) is 11.3 Å². The SMILES string of the molecule is CCn1nnc(-c2ccc(NC(=O)OC(C)(C)C)c(C)n2)c1C(=O)O. The van der Waals surface area contributed by atoms with Gasteiger partial charge < -0.3 is 9.84 Å². The molecule has 0 fully saturated rings. The van der Waals surface area contributed by atoms with E-state index in [1.54, 1.807) is 46.8 Å². The van der Waals surface area contributed by atoms with Gasteiger partial charge in [0, 0.05) is 6.54 Å². The summed E-state index contributed by atoms with van der Waals surface area (Å²) in [5, 5.41) is 19.7. The van der Waals surface area contributed by atoms with Gasteiger partial charge >= 0.3 is 12.1 Å². The Hall–Kier alpha value is -2.97. The van der Waals surface area contributed by atoms with Crippen LogP contribution in [0.15, 0.2) is 12.1 Å². The summed E-state index contributed by atoms with van der Waals surface area (Å²) in [6, 6.07) is 3.20. The molecule has 0 saturated carbocycles. The zero-order valence-corrected chi connectivity index (χ0v) is 14.8. The molecule has 0 atom stereocenters. The number of pyridine rings is 1. The summed E-state index contributed by atoms with van der Waals surface area (Å²) in [4.78, 5) is 27.7. The van der Waals surface area contributed by atoms with Crippen LogP contribution in [0.25, 0.3) is 11.4 Å². The Labute approximate surface area is 145 Å². The Morgan fingerprint density at radius 1 is 1.32 bits per heavy atom. The average Bonchev–Trinajstić information content (AvgIpc) is 2.91. The van der Waals surface area contributed by atoms with Crippen molar-refractivity contribution in [3.8, 4) is 11.4 Å². The minimum atomic E-state index is -1.13. The van der Waals surface area contributed by atoms with E-state index in [4.69, 9.17) is 4.74 Å². The van der Waals surface area contributed by atoms with Gasteiger partial charge in [0.05, 0.1) is 17.1 Å². The fourth-order valence-electron chi connectivity index (χ4n) is 2.16. The molecule has 134 valence electrons. The molecule has 0 unspecified atom stereocenters. The van der Waals surface area contributed by atoms with Crippen molar-refractivity contribution in [1.82, 2.24) is 20.0 Å². The lowest BCUT2D eigenvalue weighted by molar-refractivity contribution is 0.0633. The third-order valence-corrected chi connectivity index (χ3v) is 3.20. The Bertz CT molecular complexity index is 807. The van der Waals surface area contributed by atoms with Crippen LogP contribution in [0.5, 0.6) is 0 Å². The predicted molar refractivity (Wildman–Crippen MR) is 90.5 cm³/mol. The van der Waals surface area contributed by atoms with Crippen molar-refractivity contribution in [3.05, 3.63) is 23.5 Å². The van der Waals surface area contributed by atoms with Gasteiger partial charge in [0.25, 0.3) is 0 Å². The molecule has 0 aromatic carbocycles. The number of carboxylic acids is 1. The highest BCUT2D eigenvalue weighted by Gasteiger charge is 2.22. The number of aromatic nitrogens is 4. The first kappa shape index (κ1) is 18.4. The highest BCUT2D eigenvalue weighted by atomic mass is 16.6. The normalized spacial score (nSPS) is 11.2. The van der Waals surface area contributed by atoms with Gasteiger partial charge in [-0.25, -0.2) is 19.3 Å². The Morgan fingerprint density at radius 2 is 2.00 bits per heavy atom. The number of carbonyl (C=O) groups is 2. The first-order chi connectivity index (χ1) is 11.6. The van der Waals surface area contributed by atoms with E-state index in [1.807, 2.05) is 0 Å². The summed E-state index contributed by atoms with van der Waals surface area (Å²) in [7, 11) is 0. The fourth-order valence-corrected chi connectivity index (χ4v) is 2.16. The molecule has 25 heavy (non-hydrogen) atoms. The zero-order valence-electron chi connectivity index (χ0n) is 14.8. The van der Waals surface area contributed by atoms with Crippen LogP contribution in [0, 0.1) is 6.92 Å². The molecule has 0 spiro atoms. The van der Waals surface area contributed by atoms with Crippen LogP contribution in [0.1, 0.15) is 43.9 Å². The summed E-state index contributed by atoms with van der Waals surface area (Å²) < 4.78 is 6.49. The molecule has 9 heteroatoms. The van der Waals surface area contributed by atoms with Crippen LogP contribution < -0.4 is 5.32 Å². The minimum absolute atomic E-state index is 0.0257. The van der Waals surface area contributed by atoms with Crippen LogP contribution in [0.2, 0.25) is 0 Å². The van der Waals surface area contributed by atoms with E-state index < -0.39 is 17.7 Å². The number of carboxylic acid groups (broad SMARTS) is 1. The van der Waals surface area contributed by atoms with E-state index >= 15 is 0 Å². The molecule has 2 aromatic rings. The average molecular weight is 347 g/mol. The van der Waals surface area contributed by atoms with Crippen LogP contribution in [0.4, 0.5) is 10.5 Å². The smallest absolute Gasteiger partial charge is 0.412 e. The Kier molecular flexibility index (Phi) is 5.05. The topological polar surface area (TPSA) is 119 Å². The number of nitrogens with one attached hydrogen (secondary N) is 1. The van der Waals surface area contributed by atoms with E-state index in [0.717, 1.165) is 0 Å². The third-order valence-electron chi connectivity index (χ3n) is 3.20. The molecule has 0 saturated heterocycles. The van der Waals surface area contributed by atoms with Crippen molar-refractivity contribution < 1.29 is 19.4 Å². The van der Waals surface area contributed by atoms with Gasteiger partial charge in [-0.2, -0.15) is 0 Å². The quantitative estimate of drug-likeness (QED) is 0.872. The zero-order chi connectivity index (χ0) is 18.8. The number of nitrogens with zero attached hydrogens (tertiary/aromatic N) is 4. The number of aryl methyl sites for hydroxylation is 2. The molecule has 9 nitrogen and oxygen atoms in total. The van der Waals surface area contributed by atoms with Gasteiger partial charge in [-0.3, -0.25) is 5.32 Å². The first-order valence-electron chi connectivity index (χ1n) is 7.77. The van der Waals surface area contributed by atoms with E-state index in [9.17, 15) is 14.7 Å². The molecule has 0 radical (unpaired) electrons. The summed E-state index contributed by atoms with van der Waals surface area (Å²) in [5.74, 6) is -1.13. The van der Waals surface area contributed by atoms with Gasteiger partial charge in [-0.1, -0.05) is 5.21 Å². The largest absolute Gasteiger partial charge is 0.476 e. The molecule has 2 heterocycles. The lowest BCUT2D eigenvalue weighted by Gasteiger charge is -2.20. The van der Waals surface area contributed by atoms with E-state index in [1.165, 1.54) is 4.68 Å². The first-order valence-corrected chi connectivity index (χ1v) is 7.77. The van der Waals surface area contributed by atoms with E-state index in [-0.39, 0.29) is 11.4 Å². The summed E-state index contributed by atoms with van der Waals surface area (Å²) in [6.07, 6.45) is -0.590. The standard InChI is InChI=1S/C16H21N5O4/c1-6-21-13(14(22)23)12(19-20-21)11-8-7-10(9(2)17-11)18-15(24)25-16(3,4)5/h7-8H,6H2,1-5H3,(H,18,24)(H,22,23). The molecular weight excluding hydrogens is 326 g/mol. The molecule has 2 rings (SSSR count). The minimum Gasteiger partial charge on any atom is -0.476 e. The summed E-state index contributed by atoms with van der Waals surface area (Å²) >= 11 is 0. The van der Waals surface area contributed by atoms with Gasteiger partial charge in [-0.05, 0) is 46.8 Å². The number of carbonyl (C=O) groups excluding carboxylic acids is 1. The van der Waals surface area contributed by atoms with Crippen molar-refractivity contribution in [3.63, 3.8) is 0 Å². The lowest BCUT2D eigenvalue weighted by Crippen LogP contribution is -2.27. The second kappa shape index (κ2) is 6.88. The highest BCUT2D eigenvalue weighted by molar-refractivity contribution is 5.92. The number of aromatic carboxylic acids is 1. The second-order valence-electron chi connectivity index (χ2n) is 6.36. The predicted octanol–water partition coefficient (Wildman–Crippen LogP) is 2.71. The Balaban J connectivity index is 2.30. The van der Waals surface area contributed by atoms with Crippen LogP contribution in [-0.4, -0.2) is 42.7 Å². The summed E-state index contributed by atoms with van der Waals surface area (Å²) in [6.45, 7) is 9.16. The van der Waals surface area contributed by atoms with Gasteiger partial charge in [-0.15, -0.1) is 5.10 Å². The summed E-state index contributed by atoms with van der Waals surface area (Å²) in [5.41, 5.74) is 0.886. The van der Waals surface area contributed by atoms with Gasteiger partial charge in [0.15, 0.2) is 5.69 Å². The van der Waals surface area contributed by atoms with Crippen LogP contribution in [0.3, 0.4) is 0 Å². The molecule has 2 aromatic heterocycles.